The highest BCUT2D eigenvalue weighted by molar-refractivity contribution is 7.07. The van der Waals surface area contributed by atoms with Crippen molar-refractivity contribution in [1.29, 1.82) is 0 Å². The van der Waals surface area contributed by atoms with E-state index in [-0.39, 0.29) is 5.91 Å². The molecule has 1 aromatic rings. The molecule has 0 radical (unpaired) electrons. The number of hydrogen-bond donors (Lipinski definition) is 0. The Morgan fingerprint density at radius 2 is 1.90 bits per heavy atom. The molecule has 2 rings (SSSR count). The Bertz CT molecular complexity index is 523. The van der Waals surface area contributed by atoms with Crippen LogP contribution in [0.25, 0.3) is 0 Å². The second kappa shape index (κ2) is 5.35. The molecule has 8 heteroatoms. The maximum atomic E-state index is 12.4. The number of amides is 2. The quantitative estimate of drug-likeness (QED) is 0.791. The summed E-state index contributed by atoms with van der Waals surface area (Å²) in [5.74, 6) is -0.249. The third-order valence-corrected chi connectivity index (χ3v) is 3.53. The first-order valence-corrected chi connectivity index (χ1v) is 7.18. The molecule has 2 amide bonds. The Labute approximate surface area is 121 Å². The molecule has 1 saturated heterocycles. The number of hydrazine groups is 1. The summed E-state index contributed by atoms with van der Waals surface area (Å²) in [6.45, 7) is 8.09. The van der Waals surface area contributed by atoms with Crippen molar-refractivity contribution in [2.24, 2.45) is 0 Å². The van der Waals surface area contributed by atoms with Gasteiger partial charge in [0, 0.05) is 13.1 Å². The lowest BCUT2D eigenvalue weighted by atomic mass is 10.2. The molecule has 0 aromatic carbocycles. The Kier molecular flexibility index (Phi) is 3.94. The number of carbonyl (C=O) groups excluding carboxylic acids is 2. The van der Waals surface area contributed by atoms with Gasteiger partial charge in [0.1, 0.15) is 10.5 Å². The molecule has 2 heterocycles. The van der Waals surface area contributed by atoms with Crippen molar-refractivity contribution in [3.8, 4) is 0 Å². The van der Waals surface area contributed by atoms with Gasteiger partial charge in [-0.25, -0.2) is 14.8 Å². The standard InChI is InChI=1S/C12H18N4O3S/c1-8-9(20-14-13-8)10(17)15-6-5-7-16(15)11(18)19-12(2,3)4/h5-7H2,1-4H3. The van der Waals surface area contributed by atoms with Crippen molar-refractivity contribution < 1.29 is 14.3 Å². The van der Waals surface area contributed by atoms with Crippen LogP contribution >= 0.6 is 11.5 Å². The maximum absolute atomic E-state index is 12.4. The summed E-state index contributed by atoms with van der Waals surface area (Å²) in [5, 5.41) is 6.59. The van der Waals surface area contributed by atoms with Gasteiger partial charge in [0.05, 0.1) is 5.69 Å². The Morgan fingerprint density at radius 3 is 2.45 bits per heavy atom. The second-order valence-electron chi connectivity index (χ2n) is 5.57. The fourth-order valence-corrected chi connectivity index (χ4v) is 2.47. The van der Waals surface area contributed by atoms with Gasteiger partial charge in [-0.3, -0.25) is 4.79 Å². The number of rotatable bonds is 1. The molecule has 0 unspecified atom stereocenters. The molecule has 0 atom stereocenters. The van der Waals surface area contributed by atoms with E-state index < -0.39 is 11.7 Å². The van der Waals surface area contributed by atoms with Crippen molar-refractivity contribution in [3.63, 3.8) is 0 Å². The van der Waals surface area contributed by atoms with Crippen LogP contribution < -0.4 is 0 Å². The van der Waals surface area contributed by atoms with E-state index in [9.17, 15) is 9.59 Å². The highest BCUT2D eigenvalue weighted by Gasteiger charge is 2.35. The third kappa shape index (κ3) is 3.06. The predicted molar refractivity (Wildman–Crippen MR) is 73.2 cm³/mol. The molecule has 0 saturated carbocycles. The summed E-state index contributed by atoms with van der Waals surface area (Å²) >= 11 is 1.04. The van der Waals surface area contributed by atoms with Gasteiger partial charge in [-0.15, -0.1) is 5.10 Å². The molecule has 0 bridgehead atoms. The van der Waals surface area contributed by atoms with Gasteiger partial charge in [0.2, 0.25) is 0 Å². The van der Waals surface area contributed by atoms with Crippen LogP contribution in [0, 0.1) is 6.92 Å². The molecule has 7 nitrogen and oxygen atoms in total. The highest BCUT2D eigenvalue weighted by Crippen LogP contribution is 2.21. The van der Waals surface area contributed by atoms with Crippen LogP contribution in [0.1, 0.15) is 42.6 Å². The predicted octanol–water partition coefficient (Wildman–Crippen LogP) is 1.84. The zero-order valence-electron chi connectivity index (χ0n) is 12.0. The van der Waals surface area contributed by atoms with Gasteiger partial charge >= 0.3 is 6.09 Å². The first kappa shape index (κ1) is 14.7. The first-order chi connectivity index (χ1) is 9.29. The average molecular weight is 298 g/mol. The minimum absolute atomic E-state index is 0.249. The van der Waals surface area contributed by atoms with Gasteiger partial charge in [-0.2, -0.15) is 0 Å². The van der Waals surface area contributed by atoms with E-state index in [1.165, 1.54) is 10.0 Å². The number of carbonyl (C=O) groups is 2. The van der Waals surface area contributed by atoms with Crippen LogP contribution in [-0.2, 0) is 4.74 Å². The zero-order valence-corrected chi connectivity index (χ0v) is 12.9. The Balaban J connectivity index is 2.13. The van der Waals surface area contributed by atoms with E-state index in [1.807, 2.05) is 0 Å². The van der Waals surface area contributed by atoms with Crippen molar-refractivity contribution in [2.75, 3.05) is 13.1 Å². The van der Waals surface area contributed by atoms with Gasteiger partial charge in [-0.1, -0.05) is 4.49 Å². The molecule has 1 fully saturated rings. The second-order valence-corrected chi connectivity index (χ2v) is 6.33. The lowest BCUT2D eigenvalue weighted by Gasteiger charge is -2.30. The minimum Gasteiger partial charge on any atom is -0.442 e. The van der Waals surface area contributed by atoms with Crippen LogP contribution in [0.15, 0.2) is 0 Å². The van der Waals surface area contributed by atoms with E-state index in [0.29, 0.717) is 23.7 Å². The smallest absolute Gasteiger partial charge is 0.429 e. The third-order valence-electron chi connectivity index (χ3n) is 2.72. The maximum Gasteiger partial charge on any atom is 0.429 e. The largest absolute Gasteiger partial charge is 0.442 e. The summed E-state index contributed by atoms with van der Waals surface area (Å²) in [4.78, 5) is 25.0. The fraction of sp³-hybridized carbons (Fsp3) is 0.667. The molecular formula is C12H18N4O3S. The number of hydrogen-bond acceptors (Lipinski definition) is 6. The average Bonchev–Trinajstić information content (AvgIpc) is 2.93. The minimum atomic E-state index is -0.587. The van der Waals surface area contributed by atoms with Crippen molar-refractivity contribution in [3.05, 3.63) is 10.6 Å². The molecular weight excluding hydrogens is 280 g/mol. The molecule has 0 aliphatic carbocycles. The van der Waals surface area contributed by atoms with Gasteiger partial charge in [0.15, 0.2) is 0 Å². The summed E-state index contributed by atoms with van der Waals surface area (Å²) < 4.78 is 9.07. The normalized spacial score (nSPS) is 15.6. The van der Waals surface area contributed by atoms with E-state index in [0.717, 1.165) is 18.0 Å². The molecule has 1 aliphatic heterocycles. The van der Waals surface area contributed by atoms with E-state index in [4.69, 9.17) is 4.74 Å². The number of aromatic nitrogens is 2. The SMILES string of the molecule is Cc1nnsc1C(=O)N1CCCN1C(=O)OC(C)(C)C. The van der Waals surface area contributed by atoms with E-state index >= 15 is 0 Å². The first-order valence-electron chi connectivity index (χ1n) is 6.41. The monoisotopic (exact) mass is 298 g/mol. The summed E-state index contributed by atoms with van der Waals surface area (Å²) in [5.41, 5.74) is -0.00729. The fourth-order valence-electron chi connectivity index (χ4n) is 1.87. The topological polar surface area (TPSA) is 75.6 Å². The van der Waals surface area contributed by atoms with Crippen molar-refractivity contribution in [2.45, 2.75) is 39.7 Å². The summed E-state index contributed by atoms with van der Waals surface area (Å²) in [6, 6.07) is 0. The molecule has 0 spiro atoms. The molecule has 110 valence electrons. The zero-order chi connectivity index (χ0) is 14.9. The van der Waals surface area contributed by atoms with E-state index in [2.05, 4.69) is 9.59 Å². The van der Waals surface area contributed by atoms with E-state index in [1.54, 1.807) is 27.7 Å². The Morgan fingerprint density at radius 1 is 1.25 bits per heavy atom. The summed E-state index contributed by atoms with van der Waals surface area (Å²) in [7, 11) is 0. The Hall–Kier alpha value is -1.70. The van der Waals surface area contributed by atoms with Crippen molar-refractivity contribution >= 4 is 23.5 Å². The van der Waals surface area contributed by atoms with Crippen LogP contribution in [0.4, 0.5) is 4.79 Å². The lowest BCUT2D eigenvalue weighted by Crippen LogP contribution is -2.46. The molecule has 0 N–H and O–H groups in total. The number of nitrogens with zero attached hydrogens (tertiary/aromatic N) is 4. The molecule has 1 aliphatic rings. The molecule has 20 heavy (non-hydrogen) atoms. The highest BCUT2D eigenvalue weighted by atomic mass is 32.1. The van der Waals surface area contributed by atoms with Crippen LogP contribution in [0.3, 0.4) is 0 Å². The van der Waals surface area contributed by atoms with Gasteiger partial charge < -0.3 is 4.74 Å². The summed E-state index contributed by atoms with van der Waals surface area (Å²) in [6.07, 6.45) is 0.231. The lowest BCUT2D eigenvalue weighted by molar-refractivity contribution is -0.0191. The molecule has 1 aromatic heterocycles. The van der Waals surface area contributed by atoms with Crippen LogP contribution in [-0.4, -0.2) is 50.3 Å². The number of ether oxygens (including phenoxy) is 1. The number of aryl methyl sites for hydroxylation is 1. The van der Waals surface area contributed by atoms with Gasteiger partial charge in [-0.05, 0) is 45.6 Å². The van der Waals surface area contributed by atoms with Crippen LogP contribution in [0.5, 0.6) is 0 Å². The van der Waals surface area contributed by atoms with Gasteiger partial charge in [0.25, 0.3) is 5.91 Å². The van der Waals surface area contributed by atoms with Crippen LogP contribution in [0.2, 0.25) is 0 Å². The van der Waals surface area contributed by atoms with Crippen molar-refractivity contribution in [1.82, 2.24) is 19.6 Å².